The van der Waals surface area contributed by atoms with Crippen LogP contribution in [-0.4, -0.2) is 26.8 Å². The van der Waals surface area contributed by atoms with E-state index in [1.807, 2.05) is 12.3 Å². The van der Waals surface area contributed by atoms with E-state index >= 15 is 0 Å². The third kappa shape index (κ3) is 2.33. The van der Waals surface area contributed by atoms with E-state index in [9.17, 15) is 0 Å². The second-order valence-electron chi connectivity index (χ2n) is 3.05. The first kappa shape index (κ1) is 10.9. The van der Waals surface area contributed by atoms with Gasteiger partial charge < -0.3 is 0 Å². The minimum Gasteiger partial charge on any atom is -0.275 e. The Balaban J connectivity index is 2.14. The molecule has 1 N–H and O–H groups in total. The number of hydrogen-bond donors (Lipinski definition) is 2. The molecule has 1 unspecified atom stereocenters. The van der Waals surface area contributed by atoms with Crippen LogP contribution in [-0.2, 0) is 0 Å². The minimum atomic E-state index is -0.182. The Kier molecular flexibility index (Phi) is 3.62. The molecule has 0 fully saturated rings. The summed E-state index contributed by atoms with van der Waals surface area (Å²) in [7, 11) is 0. The first-order chi connectivity index (χ1) is 7.33. The van der Waals surface area contributed by atoms with Crippen LogP contribution in [0.5, 0.6) is 0 Å². The van der Waals surface area contributed by atoms with Crippen LogP contribution in [0.25, 0.3) is 0 Å². The summed E-state index contributed by atoms with van der Waals surface area (Å²) in [5, 5.41) is 10.2. The maximum Gasteiger partial charge on any atom is 0.182 e. The molecule has 0 aromatic carbocycles. The summed E-state index contributed by atoms with van der Waals surface area (Å²) in [6, 6.07) is 0. The molecule has 0 aromatic heterocycles. The molecule has 2 rings (SSSR count). The van der Waals surface area contributed by atoms with Crippen LogP contribution in [0.1, 0.15) is 6.42 Å². The standard InChI is InChI=1S/C8H10IN5S/c9-5-11-14-7(12-13-8(14)15)6-1-3-10-4-2-6/h1,3-6,8,13,15H,2H2/b11-5+/t6-,8?/m1/s1. The van der Waals surface area contributed by atoms with Crippen LogP contribution in [0.2, 0.25) is 0 Å². The van der Waals surface area contributed by atoms with Crippen LogP contribution < -0.4 is 5.43 Å². The van der Waals surface area contributed by atoms with Crippen LogP contribution in [0.15, 0.2) is 27.5 Å². The first-order valence-electron chi connectivity index (χ1n) is 4.44. The number of rotatable bonds is 2. The lowest BCUT2D eigenvalue weighted by Crippen LogP contribution is -2.35. The van der Waals surface area contributed by atoms with Gasteiger partial charge in [0.15, 0.2) is 11.3 Å². The Morgan fingerprint density at radius 3 is 3.27 bits per heavy atom. The lowest BCUT2D eigenvalue weighted by molar-refractivity contribution is 0.408. The molecule has 2 atom stereocenters. The van der Waals surface area contributed by atoms with Crippen molar-refractivity contribution in [2.45, 2.75) is 11.9 Å². The second kappa shape index (κ2) is 4.97. The highest BCUT2D eigenvalue weighted by molar-refractivity contribution is 14.1. The summed E-state index contributed by atoms with van der Waals surface area (Å²) in [6.45, 7) is 0. The zero-order valence-corrected chi connectivity index (χ0v) is 10.8. The van der Waals surface area contributed by atoms with Gasteiger partial charge in [-0.3, -0.25) is 10.4 Å². The Labute approximate surface area is 107 Å². The molecule has 80 valence electrons. The molecule has 0 spiro atoms. The van der Waals surface area contributed by atoms with Gasteiger partial charge in [-0.25, -0.2) is 5.01 Å². The number of nitrogens with zero attached hydrogens (tertiary/aromatic N) is 4. The van der Waals surface area contributed by atoms with Crippen molar-refractivity contribution in [2.75, 3.05) is 0 Å². The lowest BCUT2D eigenvalue weighted by Gasteiger charge is -2.21. The van der Waals surface area contributed by atoms with Gasteiger partial charge in [0.1, 0.15) is 0 Å². The molecule has 5 nitrogen and oxygen atoms in total. The molecule has 0 amide bonds. The van der Waals surface area contributed by atoms with Gasteiger partial charge in [-0.15, -0.1) is 12.6 Å². The third-order valence-electron chi connectivity index (χ3n) is 2.13. The van der Waals surface area contributed by atoms with Crippen molar-refractivity contribution in [2.24, 2.45) is 21.1 Å². The first-order valence-corrected chi connectivity index (χ1v) is 6.20. The van der Waals surface area contributed by atoms with Gasteiger partial charge in [-0.2, -0.15) is 10.2 Å². The van der Waals surface area contributed by atoms with Crippen LogP contribution >= 0.6 is 35.2 Å². The average molecular weight is 335 g/mol. The molecule has 0 bridgehead atoms. The van der Waals surface area contributed by atoms with Crippen molar-refractivity contribution < 1.29 is 0 Å². The maximum absolute atomic E-state index is 4.33. The predicted octanol–water partition coefficient (Wildman–Crippen LogP) is 1.40. The number of nitrogens with one attached hydrogen (secondary N) is 1. The normalized spacial score (nSPS) is 29.7. The summed E-state index contributed by atoms with van der Waals surface area (Å²) in [5.41, 5.74) is 2.70. The number of thiol groups is 1. The Hall–Kier alpha value is -0.570. The number of aliphatic imine (C=N–C) groups is 1. The van der Waals surface area contributed by atoms with E-state index in [4.69, 9.17) is 0 Å². The maximum atomic E-state index is 4.33. The van der Waals surface area contributed by atoms with E-state index in [0.717, 1.165) is 12.3 Å². The van der Waals surface area contributed by atoms with E-state index in [0.29, 0.717) is 0 Å². The fraction of sp³-hybridized carbons (Fsp3) is 0.375. The van der Waals surface area contributed by atoms with E-state index in [2.05, 4.69) is 55.8 Å². The van der Waals surface area contributed by atoms with Gasteiger partial charge in [0.25, 0.3) is 0 Å². The molecule has 2 heterocycles. The zero-order chi connectivity index (χ0) is 10.7. The van der Waals surface area contributed by atoms with E-state index in [1.54, 1.807) is 15.4 Å². The second-order valence-corrected chi connectivity index (χ2v) is 4.09. The van der Waals surface area contributed by atoms with Crippen molar-refractivity contribution in [1.82, 2.24) is 10.4 Å². The average Bonchev–Trinajstić information content (AvgIpc) is 2.63. The van der Waals surface area contributed by atoms with Gasteiger partial charge >= 0.3 is 0 Å². The molecule has 2 aliphatic heterocycles. The highest BCUT2D eigenvalue weighted by Crippen LogP contribution is 2.20. The van der Waals surface area contributed by atoms with Gasteiger partial charge in [0.2, 0.25) is 0 Å². The number of hydrogen-bond acceptors (Lipinski definition) is 6. The third-order valence-corrected chi connectivity index (χ3v) is 2.71. The Bertz CT molecular complexity index is 351. The molecule has 0 aliphatic carbocycles. The van der Waals surface area contributed by atoms with Gasteiger partial charge in [0, 0.05) is 18.3 Å². The lowest BCUT2D eigenvalue weighted by atomic mass is 10.0. The van der Waals surface area contributed by atoms with Crippen molar-refractivity contribution in [3.8, 4) is 0 Å². The number of hydrazone groups is 2. The molecule has 7 heteroatoms. The summed E-state index contributed by atoms with van der Waals surface area (Å²) in [5.74, 6) is 1.11. The van der Waals surface area contributed by atoms with Crippen LogP contribution in [0.3, 0.4) is 0 Å². The number of halogens is 1. The van der Waals surface area contributed by atoms with Gasteiger partial charge in [-0.05, 0) is 29.0 Å². The highest BCUT2D eigenvalue weighted by atomic mass is 127. The fourth-order valence-electron chi connectivity index (χ4n) is 1.44. The molecule has 0 aromatic rings. The Morgan fingerprint density at radius 1 is 1.73 bits per heavy atom. The molecule has 15 heavy (non-hydrogen) atoms. The van der Waals surface area contributed by atoms with E-state index in [-0.39, 0.29) is 11.4 Å². The summed E-state index contributed by atoms with van der Waals surface area (Å²) in [4.78, 5) is 4.03. The molecular weight excluding hydrogens is 325 g/mol. The molecule has 0 saturated heterocycles. The summed E-state index contributed by atoms with van der Waals surface area (Å²) >= 11 is 6.40. The zero-order valence-electron chi connectivity index (χ0n) is 7.79. The number of amidine groups is 1. The molecule has 0 radical (unpaired) electrons. The van der Waals surface area contributed by atoms with Crippen molar-refractivity contribution in [3.63, 3.8) is 0 Å². The summed E-state index contributed by atoms with van der Waals surface area (Å²) < 4.78 is 1.70. The van der Waals surface area contributed by atoms with Crippen molar-refractivity contribution in [3.05, 3.63) is 12.3 Å². The van der Waals surface area contributed by atoms with E-state index < -0.39 is 0 Å². The molecular formula is C8H10IN5S. The highest BCUT2D eigenvalue weighted by Gasteiger charge is 2.29. The van der Waals surface area contributed by atoms with Crippen LogP contribution in [0.4, 0.5) is 0 Å². The van der Waals surface area contributed by atoms with E-state index in [1.165, 1.54) is 0 Å². The predicted molar refractivity (Wildman–Crippen MR) is 73.4 cm³/mol. The molecule has 0 saturated carbocycles. The minimum absolute atomic E-state index is 0.182. The fourth-order valence-corrected chi connectivity index (χ4v) is 1.94. The SMILES string of the molecule is SC1NN=C([C@@H]2C=CN=CC2)N1/N=C/I. The van der Waals surface area contributed by atoms with Crippen LogP contribution in [0, 0.1) is 5.92 Å². The van der Waals surface area contributed by atoms with Crippen molar-refractivity contribution in [1.29, 1.82) is 0 Å². The van der Waals surface area contributed by atoms with Gasteiger partial charge in [-0.1, -0.05) is 6.08 Å². The topological polar surface area (TPSA) is 52.4 Å². The molecule has 2 aliphatic rings. The monoisotopic (exact) mass is 335 g/mol. The summed E-state index contributed by atoms with van der Waals surface area (Å²) in [6.07, 6.45) is 6.53. The smallest absolute Gasteiger partial charge is 0.182 e. The van der Waals surface area contributed by atoms with Gasteiger partial charge in [0.05, 0.1) is 4.22 Å². The largest absolute Gasteiger partial charge is 0.275 e. The Morgan fingerprint density at radius 2 is 2.60 bits per heavy atom. The quantitative estimate of drug-likeness (QED) is 0.455. The van der Waals surface area contributed by atoms with Crippen molar-refractivity contribution >= 4 is 51.5 Å².